The van der Waals surface area contributed by atoms with Gasteiger partial charge in [0.05, 0.1) is 0 Å². The number of carbonyl (C=O) groups excluding carboxylic acids is 2. The average Bonchev–Trinajstić information content (AvgIpc) is 3.14. The minimum Gasteiger partial charge on any atom is -0.335 e. The quantitative estimate of drug-likeness (QED) is 0.885. The minimum atomic E-state index is -0.215. The standard InChI is InChI=1S/C20H23N3O2/c1-23(18-12-3-2-4-13-18)19(24)15-8-7-11-17(14-15)22-20(25)21-16-9-5-6-10-16/h2-4,7-8,11-14,16H,5-6,9-10H2,1H3,(H2,21,22,25). The highest BCUT2D eigenvalue weighted by atomic mass is 16.2. The fraction of sp³-hybridized carbons (Fsp3) is 0.300. The summed E-state index contributed by atoms with van der Waals surface area (Å²) < 4.78 is 0. The van der Waals surface area contributed by atoms with Crippen LogP contribution in [0.15, 0.2) is 54.6 Å². The summed E-state index contributed by atoms with van der Waals surface area (Å²) in [6.45, 7) is 0. The summed E-state index contributed by atoms with van der Waals surface area (Å²) in [5, 5.41) is 5.80. The monoisotopic (exact) mass is 337 g/mol. The Morgan fingerprint density at radius 2 is 1.72 bits per heavy atom. The Morgan fingerprint density at radius 1 is 1.00 bits per heavy atom. The van der Waals surface area contributed by atoms with Crippen LogP contribution < -0.4 is 15.5 Å². The van der Waals surface area contributed by atoms with Gasteiger partial charge in [-0.2, -0.15) is 0 Å². The third-order valence-corrected chi connectivity index (χ3v) is 4.51. The summed E-state index contributed by atoms with van der Waals surface area (Å²) >= 11 is 0. The predicted molar refractivity (Wildman–Crippen MR) is 100 cm³/mol. The number of urea groups is 1. The number of amides is 3. The van der Waals surface area contributed by atoms with Crippen molar-refractivity contribution in [3.8, 4) is 0 Å². The Morgan fingerprint density at radius 3 is 2.44 bits per heavy atom. The molecule has 3 amide bonds. The van der Waals surface area contributed by atoms with Crippen LogP contribution in [0.25, 0.3) is 0 Å². The van der Waals surface area contributed by atoms with Gasteiger partial charge in [0.15, 0.2) is 0 Å². The molecule has 0 unspecified atom stereocenters. The van der Waals surface area contributed by atoms with Crippen molar-refractivity contribution in [2.24, 2.45) is 0 Å². The van der Waals surface area contributed by atoms with Gasteiger partial charge in [0, 0.05) is 30.0 Å². The second-order valence-corrected chi connectivity index (χ2v) is 6.36. The predicted octanol–water partition coefficient (Wildman–Crippen LogP) is 4.03. The first-order chi connectivity index (χ1) is 12.1. The summed E-state index contributed by atoms with van der Waals surface area (Å²) in [5.74, 6) is -0.119. The molecule has 0 aromatic heterocycles. The van der Waals surface area contributed by atoms with Crippen LogP contribution in [-0.4, -0.2) is 25.0 Å². The van der Waals surface area contributed by atoms with Crippen molar-refractivity contribution in [3.05, 3.63) is 60.2 Å². The van der Waals surface area contributed by atoms with E-state index in [0.29, 0.717) is 11.3 Å². The number of anilines is 2. The van der Waals surface area contributed by atoms with Crippen molar-refractivity contribution in [1.82, 2.24) is 5.32 Å². The van der Waals surface area contributed by atoms with Crippen LogP contribution in [0, 0.1) is 0 Å². The molecule has 1 aliphatic rings. The maximum Gasteiger partial charge on any atom is 0.319 e. The number of nitrogens with one attached hydrogen (secondary N) is 2. The van der Waals surface area contributed by atoms with Crippen LogP contribution >= 0.6 is 0 Å². The lowest BCUT2D eigenvalue weighted by Gasteiger charge is -2.18. The number of benzene rings is 2. The molecular weight excluding hydrogens is 314 g/mol. The Balaban J connectivity index is 1.66. The number of nitrogens with zero attached hydrogens (tertiary/aromatic N) is 1. The van der Waals surface area contributed by atoms with Gasteiger partial charge in [0.1, 0.15) is 0 Å². The Bertz CT molecular complexity index is 740. The minimum absolute atomic E-state index is 0.119. The molecule has 0 heterocycles. The zero-order valence-electron chi connectivity index (χ0n) is 14.4. The summed E-state index contributed by atoms with van der Waals surface area (Å²) in [5.41, 5.74) is 1.97. The van der Waals surface area contributed by atoms with Gasteiger partial charge in [0.2, 0.25) is 0 Å². The van der Waals surface area contributed by atoms with Crippen LogP contribution in [0.1, 0.15) is 36.0 Å². The number of carbonyl (C=O) groups is 2. The molecule has 0 atom stereocenters. The van der Waals surface area contributed by atoms with E-state index in [9.17, 15) is 9.59 Å². The summed E-state index contributed by atoms with van der Waals surface area (Å²) in [7, 11) is 1.74. The molecule has 1 aliphatic carbocycles. The van der Waals surface area contributed by atoms with Crippen molar-refractivity contribution in [2.45, 2.75) is 31.7 Å². The van der Waals surface area contributed by atoms with E-state index < -0.39 is 0 Å². The van der Waals surface area contributed by atoms with E-state index in [1.807, 2.05) is 30.3 Å². The van der Waals surface area contributed by atoms with E-state index in [1.165, 1.54) is 12.8 Å². The van der Waals surface area contributed by atoms with E-state index in [2.05, 4.69) is 10.6 Å². The van der Waals surface area contributed by atoms with Gasteiger partial charge >= 0.3 is 6.03 Å². The SMILES string of the molecule is CN(C(=O)c1cccc(NC(=O)NC2CCCC2)c1)c1ccccc1. The number of para-hydroxylation sites is 1. The lowest BCUT2D eigenvalue weighted by atomic mass is 10.1. The molecule has 5 heteroatoms. The highest BCUT2D eigenvalue weighted by Gasteiger charge is 2.18. The molecule has 2 aromatic carbocycles. The average molecular weight is 337 g/mol. The zero-order chi connectivity index (χ0) is 17.6. The van der Waals surface area contributed by atoms with Crippen molar-refractivity contribution >= 4 is 23.3 Å². The molecule has 2 aromatic rings. The third kappa shape index (κ3) is 4.38. The van der Waals surface area contributed by atoms with E-state index >= 15 is 0 Å². The molecule has 1 saturated carbocycles. The first kappa shape index (κ1) is 17.0. The first-order valence-corrected chi connectivity index (χ1v) is 8.64. The van der Waals surface area contributed by atoms with Crippen LogP contribution in [0.2, 0.25) is 0 Å². The second kappa shape index (κ2) is 7.83. The Labute approximate surface area is 148 Å². The third-order valence-electron chi connectivity index (χ3n) is 4.51. The van der Waals surface area contributed by atoms with Gasteiger partial charge in [0.25, 0.3) is 5.91 Å². The van der Waals surface area contributed by atoms with Gasteiger partial charge in [-0.05, 0) is 43.2 Å². The second-order valence-electron chi connectivity index (χ2n) is 6.36. The summed E-state index contributed by atoms with van der Waals surface area (Å²) in [6.07, 6.45) is 4.41. The largest absolute Gasteiger partial charge is 0.335 e. The lowest BCUT2D eigenvalue weighted by molar-refractivity contribution is 0.0993. The van der Waals surface area contributed by atoms with Gasteiger partial charge in [-0.15, -0.1) is 0 Å². The summed E-state index contributed by atoms with van der Waals surface area (Å²) in [4.78, 5) is 26.3. The van der Waals surface area contributed by atoms with E-state index in [4.69, 9.17) is 0 Å². The molecule has 0 aliphatic heterocycles. The molecule has 0 saturated heterocycles. The summed E-state index contributed by atoms with van der Waals surface area (Å²) in [6, 6.07) is 16.5. The van der Waals surface area contributed by atoms with Crippen LogP contribution in [-0.2, 0) is 0 Å². The molecular formula is C20H23N3O2. The van der Waals surface area contributed by atoms with Crippen molar-refractivity contribution in [1.29, 1.82) is 0 Å². The zero-order valence-corrected chi connectivity index (χ0v) is 14.4. The molecule has 5 nitrogen and oxygen atoms in total. The number of hydrogen-bond acceptors (Lipinski definition) is 2. The first-order valence-electron chi connectivity index (χ1n) is 8.64. The normalized spacial score (nSPS) is 14.1. The molecule has 0 spiro atoms. The molecule has 1 fully saturated rings. The lowest BCUT2D eigenvalue weighted by Crippen LogP contribution is -2.36. The van der Waals surface area contributed by atoms with E-state index in [-0.39, 0.29) is 18.0 Å². The Hall–Kier alpha value is -2.82. The van der Waals surface area contributed by atoms with Crippen LogP contribution in [0.5, 0.6) is 0 Å². The van der Waals surface area contributed by atoms with Gasteiger partial charge in [-0.1, -0.05) is 37.1 Å². The highest BCUT2D eigenvalue weighted by Crippen LogP contribution is 2.19. The number of rotatable bonds is 4. The topological polar surface area (TPSA) is 61.4 Å². The maximum absolute atomic E-state index is 12.7. The Kier molecular flexibility index (Phi) is 5.33. The molecule has 130 valence electrons. The molecule has 0 radical (unpaired) electrons. The smallest absolute Gasteiger partial charge is 0.319 e. The molecule has 0 bridgehead atoms. The molecule has 3 rings (SSSR count). The van der Waals surface area contributed by atoms with Crippen LogP contribution in [0.4, 0.5) is 16.2 Å². The van der Waals surface area contributed by atoms with Crippen molar-refractivity contribution < 1.29 is 9.59 Å². The maximum atomic E-state index is 12.7. The van der Waals surface area contributed by atoms with Gasteiger partial charge < -0.3 is 15.5 Å². The van der Waals surface area contributed by atoms with Gasteiger partial charge in [-0.3, -0.25) is 4.79 Å². The highest BCUT2D eigenvalue weighted by molar-refractivity contribution is 6.06. The van der Waals surface area contributed by atoms with E-state index in [1.54, 1.807) is 36.2 Å². The van der Waals surface area contributed by atoms with Crippen LogP contribution in [0.3, 0.4) is 0 Å². The van der Waals surface area contributed by atoms with Crippen molar-refractivity contribution in [3.63, 3.8) is 0 Å². The molecule has 25 heavy (non-hydrogen) atoms. The fourth-order valence-corrected chi connectivity index (χ4v) is 3.12. The van der Waals surface area contributed by atoms with Gasteiger partial charge in [-0.25, -0.2) is 4.79 Å². The van der Waals surface area contributed by atoms with Crippen molar-refractivity contribution in [2.75, 3.05) is 17.3 Å². The fourth-order valence-electron chi connectivity index (χ4n) is 3.12. The van der Waals surface area contributed by atoms with E-state index in [0.717, 1.165) is 18.5 Å². The number of hydrogen-bond donors (Lipinski definition) is 2. The molecule has 2 N–H and O–H groups in total.